The van der Waals surface area contributed by atoms with E-state index < -0.39 is 6.04 Å². The Bertz CT molecular complexity index is 393. The summed E-state index contributed by atoms with van der Waals surface area (Å²) < 4.78 is 18.2. The molecule has 0 saturated carbocycles. The summed E-state index contributed by atoms with van der Waals surface area (Å²) in [5.41, 5.74) is 0.551. The summed E-state index contributed by atoms with van der Waals surface area (Å²) in [7, 11) is 1.36. The van der Waals surface area contributed by atoms with E-state index in [1.54, 1.807) is 18.2 Å². The maximum absolute atomic E-state index is 13.4. The molecular formula is C14H20FNO2. The second-order valence-corrected chi connectivity index (χ2v) is 4.68. The van der Waals surface area contributed by atoms with E-state index in [-0.39, 0.29) is 11.8 Å². The first-order chi connectivity index (χ1) is 8.54. The Morgan fingerprint density at radius 2 is 2.06 bits per heavy atom. The van der Waals surface area contributed by atoms with Crippen molar-refractivity contribution in [2.75, 3.05) is 7.11 Å². The molecule has 0 saturated heterocycles. The number of esters is 1. The third-order valence-corrected chi connectivity index (χ3v) is 2.69. The molecule has 0 fully saturated rings. The second kappa shape index (κ2) is 7.11. The lowest BCUT2D eigenvalue weighted by Crippen LogP contribution is -2.38. The number of hydrogen-bond donors (Lipinski definition) is 1. The molecule has 0 radical (unpaired) electrons. The van der Waals surface area contributed by atoms with E-state index in [1.165, 1.54) is 13.2 Å². The third-order valence-electron chi connectivity index (χ3n) is 2.69. The van der Waals surface area contributed by atoms with Crippen LogP contribution in [-0.2, 0) is 16.1 Å². The number of halogens is 1. The van der Waals surface area contributed by atoms with Gasteiger partial charge in [-0.3, -0.25) is 4.79 Å². The monoisotopic (exact) mass is 253 g/mol. The van der Waals surface area contributed by atoms with Crippen LogP contribution in [0.3, 0.4) is 0 Å². The van der Waals surface area contributed by atoms with Gasteiger partial charge in [0.05, 0.1) is 7.11 Å². The topological polar surface area (TPSA) is 38.3 Å². The van der Waals surface area contributed by atoms with Gasteiger partial charge < -0.3 is 10.1 Å². The van der Waals surface area contributed by atoms with E-state index in [0.29, 0.717) is 24.4 Å². The van der Waals surface area contributed by atoms with Crippen LogP contribution in [0.25, 0.3) is 0 Å². The van der Waals surface area contributed by atoms with E-state index in [9.17, 15) is 9.18 Å². The summed E-state index contributed by atoms with van der Waals surface area (Å²) in [6.07, 6.45) is 0.668. The number of methoxy groups -OCH3 is 1. The molecule has 0 spiro atoms. The molecule has 0 aliphatic rings. The van der Waals surface area contributed by atoms with Crippen LogP contribution in [0.5, 0.6) is 0 Å². The molecular weight excluding hydrogens is 233 g/mol. The summed E-state index contributed by atoms with van der Waals surface area (Å²) in [6, 6.07) is 6.13. The zero-order valence-corrected chi connectivity index (χ0v) is 11.1. The van der Waals surface area contributed by atoms with E-state index >= 15 is 0 Å². The highest BCUT2D eigenvalue weighted by atomic mass is 19.1. The second-order valence-electron chi connectivity index (χ2n) is 4.68. The SMILES string of the molecule is COC(=O)C(CC(C)C)NCc1ccccc1F. The average molecular weight is 253 g/mol. The number of benzene rings is 1. The van der Waals surface area contributed by atoms with E-state index in [2.05, 4.69) is 5.32 Å². The third kappa shape index (κ3) is 4.45. The van der Waals surface area contributed by atoms with Crippen LogP contribution >= 0.6 is 0 Å². The highest BCUT2D eigenvalue weighted by molar-refractivity contribution is 5.75. The molecule has 18 heavy (non-hydrogen) atoms. The first kappa shape index (κ1) is 14.6. The molecule has 1 unspecified atom stereocenters. The number of carbonyl (C=O) groups is 1. The van der Waals surface area contributed by atoms with Gasteiger partial charge in [-0.1, -0.05) is 32.0 Å². The first-order valence-electron chi connectivity index (χ1n) is 6.09. The van der Waals surface area contributed by atoms with Crippen molar-refractivity contribution in [3.63, 3.8) is 0 Å². The lowest BCUT2D eigenvalue weighted by atomic mass is 10.0. The summed E-state index contributed by atoms with van der Waals surface area (Å²) in [4.78, 5) is 11.6. The zero-order chi connectivity index (χ0) is 13.5. The molecule has 1 atom stereocenters. The fourth-order valence-corrected chi connectivity index (χ4v) is 1.75. The van der Waals surface area contributed by atoms with Gasteiger partial charge in [0, 0.05) is 12.1 Å². The van der Waals surface area contributed by atoms with Gasteiger partial charge >= 0.3 is 5.97 Å². The van der Waals surface area contributed by atoms with Crippen LogP contribution in [0.2, 0.25) is 0 Å². The molecule has 0 heterocycles. The summed E-state index contributed by atoms with van der Waals surface area (Å²) in [6.45, 7) is 4.38. The van der Waals surface area contributed by atoms with Gasteiger partial charge in [-0.15, -0.1) is 0 Å². The van der Waals surface area contributed by atoms with Crippen LogP contribution in [0.4, 0.5) is 4.39 Å². The van der Waals surface area contributed by atoms with Crippen molar-refractivity contribution >= 4 is 5.97 Å². The molecule has 0 aliphatic carbocycles. The van der Waals surface area contributed by atoms with Crippen molar-refractivity contribution in [2.45, 2.75) is 32.9 Å². The summed E-state index contributed by atoms with van der Waals surface area (Å²) in [5, 5.41) is 3.04. The molecule has 0 bridgehead atoms. The van der Waals surface area contributed by atoms with Crippen molar-refractivity contribution < 1.29 is 13.9 Å². The number of nitrogens with one attached hydrogen (secondary N) is 1. The van der Waals surface area contributed by atoms with Gasteiger partial charge in [0.25, 0.3) is 0 Å². The quantitative estimate of drug-likeness (QED) is 0.792. The normalized spacial score (nSPS) is 12.5. The standard InChI is InChI=1S/C14H20FNO2/c1-10(2)8-13(14(17)18-3)16-9-11-6-4-5-7-12(11)15/h4-7,10,13,16H,8-9H2,1-3H3. The number of rotatable bonds is 6. The van der Waals surface area contributed by atoms with Crippen molar-refractivity contribution in [1.29, 1.82) is 0 Å². The minimum atomic E-state index is -0.394. The lowest BCUT2D eigenvalue weighted by Gasteiger charge is -2.18. The van der Waals surface area contributed by atoms with Crippen LogP contribution < -0.4 is 5.32 Å². The van der Waals surface area contributed by atoms with Crippen molar-refractivity contribution in [3.8, 4) is 0 Å². The fourth-order valence-electron chi connectivity index (χ4n) is 1.75. The van der Waals surface area contributed by atoms with Gasteiger partial charge in [-0.25, -0.2) is 4.39 Å². The van der Waals surface area contributed by atoms with Gasteiger partial charge in [-0.2, -0.15) is 0 Å². The largest absolute Gasteiger partial charge is 0.468 e. The minimum Gasteiger partial charge on any atom is -0.468 e. The highest BCUT2D eigenvalue weighted by Gasteiger charge is 2.20. The van der Waals surface area contributed by atoms with Crippen LogP contribution in [0.15, 0.2) is 24.3 Å². The van der Waals surface area contributed by atoms with Gasteiger partial charge in [0.2, 0.25) is 0 Å². The van der Waals surface area contributed by atoms with E-state index in [4.69, 9.17) is 4.74 Å². The summed E-state index contributed by atoms with van der Waals surface area (Å²) >= 11 is 0. The number of carbonyl (C=O) groups excluding carboxylic acids is 1. The van der Waals surface area contributed by atoms with Crippen molar-refractivity contribution in [1.82, 2.24) is 5.32 Å². The van der Waals surface area contributed by atoms with Gasteiger partial charge in [0.15, 0.2) is 0 Å². The molecule has 1 rings (SSSR count). The van der Waals surface area contributed by atoms with Crippen molar-refractivity contribution in [3.05, 3.63) is 35.6 Å². The van der Waals surface area contributed by atoms with Crippen LogP contribution in [0.1, 0.15) is 25.8 Å². The molecule has 0 amide bonds. The Kier molecular flexibility index (Phi) is 5.78. The Labute approximate surface area is 107 Å². The Balaban J connectivity index is 2.62. The van der Waals surface area contributed by atoms with Crippen molar-refractivity contribution in [2.24, 2.45) is 5.92 Å². The minimum absolute atomic E-state index is 0.266. The predicted octanol–water partition coefficient (Wildman–Crippen LogP) is 2.50. The fraction of sp³-hybridized carbons (Fsp3) is 0.500. The average Bonchev–Trinajstić information content (AvgIpc) is 2.34. The summed E-state index contributed by atoms with van der Waals surface area (Å²) in [5.74, 6) is -0.208. The highest BCUT2D eigenvalue weighted by Crippen LogP contribution is 2.10. The molecule has 0 aromatic heterocycles. The Morgan fingerprint density at radius 3 is 2.61 bits per heavy atom. The molecule has 1 N–H and O–H groups in total. The number of ether oxygens (including phenoxy) is 1. The molecule has 1 aromatic carbocycles. The molecule has 3 nitrogen and oxygen atoms in total. The number of hydrogen-bond acceptors (Lipinski definition) is 3. The van der Waals surface area contributed by atoms with Crippen LogP contribution in [0, 0.1) is 11.7 Å². The molecule has 100 valence electrons. The maximum Gasteiger partial charge on any atom is 0.322 e. The Hall–Kier alpha value is -1.42. The van der Waals surface area contributed by atoms with Gasteiger partial charge in [-0.05, 0) is 18.4 Å². The lowest BCUT2D eigenvalue weighted by molar-refractivity contribution is -0.143. The first-order valence-corrected chi connectivity index (χ1v) is 6.09. The predicted molar refractivity (Wildman–Crippen MR) is 68.5 cm³/mol. The van der Waals surface area contributed by atoms with E-state index in [0.717, 1.165) is 0 Å². The van der Waals surface area contributed by atoms with E-state index in [1.807, 2.05) is 13.8 Å². The zero-order valence-electron chi connectivity index (χ0n) is 11.1. The molecule has 4 heteroatoms. The maximum atomic E-state index is 13.4. The Morgan fingerprint density at radius 1 is 1.39 bits per heavy atom. The van der Waals surface area contributed by atoms with Crippen LogP contribution in [-0.4, -0.2) is 19.1 Å². The molecule has 1 aromatic rings. The smallest absolute Gasteiger partial charge is 0.322 e. The van der Waals surface area contributed by atoms with Gasteiger partial charge in [0.1, 0.15) is 11.9 Å². The molecule has 0 aliphatic heterocycles.